The Morgan fingerprint density at radius 2 is 1.63 bits per heavy atom. The quantitative estimate of drug-likeness (QED) is 0.736. The fourth-order valence-electron chi connectivity index (χ4n) is 2.53. The van der Waals surface area contributed by atoms with Crippen molar-refractivity contribution in [3.05, 3.63) is 65.7 Å². The van der Waals surface area contributed by atoms with Crippen LogP contribution in [0.25, 0.3) is 0 Å². The van der Waals surface area contributed by atoms with E-state index in [4.69, 9.17) is 4.74 Å². The molecule has 2 aromatic carbocycles. The maximum Gasteiger partial charge on any atom is 0.309 e. The van der Waals surface area contributed by atoms with Crippen molar-refractivity contribution in [1.82, 2.24) is 5.32 Å². The molecule has 0 heterocycles. The van der Waals surface area contributed by atoms with Crippen molar-refractivity contribution in [2.24, 2.45) is 0 Å². The maximum absolute atomic E-state index is 12.3. The molecule has 0 fully saturated rings. The summed E-state index contributed by atoms with van der Waals surface area (Å²) in [7, 11) is 0. The summed E-state index contributed by atoms with van der Waals surface area (Å²) in [6, 6.07) is 16.0. The number of benzene rings is 2. The van der Waals surface area contributed by atoms with E-state index in [2.05, 4.69) is 10.6 Å². The molecule has 0 aromatic heterocycles. The van der Waals surface area contributed by atoms with Gasteiger partial charge < -0.3 is 15.4 Å². The van der Waals surface area contributed by atoms with Gasteiger partial charge in [0, 0.05) is 12.6 Å². The van der Waals surface area contributed by atoms with Crippen LogP contribution in [-0.4, -0.2) is 23.9 Å². The van der Waals surface area contributed by atoms with Crippen LogP contribution in [0, 0.1) is 6.92 Å². The van der Waals surface area contributed by atoms with Crippen LogP contribution < -0.4 is 10.6 Å². The lowest BCUT2D eigenvalue weighted by atomic mass is 10.0. The normalized spacial score (nSPS) is 12.6. The van der Waals surface area contributed by atoms with Crippen LogP contribution in [0.5, 0.6) is 0 Å². The van der Waals surface area contributed by atoms with Gasteiger partial charge in [0.25, 0.3) is 5.91 Å². The Hall–Kier alpha value is -3.15. The van der Waals surface area contributed by atoms with E-state index < -0.39 is 24.0 Å². The molecule has 2 rings (SSSR count). The number of ether oxygens (including phenoxy) is 1. The highest BCUT2D eigenvalue weighted by Gasteiger charge is 2.22. The zero-order chi connectivity index (χ0) is 19.8. The minimum atomic E-state index is -0.951. The standard InChI is InChI=1S/C21H24N2O4/c1-14-9-11-18(12-10-14)23-21(26)15(2)27-20(25)13-19(22-16(3)24)17-7-5-4-6-8-17/h4-12,15,19H,13H2,1-3H3,(H,22,24)(H,23,26)/t15-,19-/m0/s1. The van der Waals surface area contributed by atoms with Crippen molar-refractivity contribution in [3.63, 3.8) is 0 Å². The number of anilines is 1. The van der Waals surface area contributed by atoms with Crippen LogP contribution in [0.15, 0.2) is 54.6 Å². The molecule has 0 bridgehead atoms. The van der Waals surface area contributed by atoms with Crippen LogP contribution in [-0.2, 0) is 19.1 Å². The zero-order valence-electron chi connectivity index (χ0n) is 15.7. The third-order valence-electron chi connectivity index (χ3n) is 3.95. The maximum atomic E-state index is 12.3. The lowest BCUT2D eigenvalue weighted by molar-refractivity contribution is -0.153. The van der Waals surface area contributed by atoms with Crippen molar-refractivity contribution in [1.29, 1.82) is 0 Å². The third kappa shape index (κ3) is 6.58. The molecule has 27 heavy (non-hydrogen) atoms. The van der Waals surface area contributed by atoms with Gasteiger partial charge >= 0.3 is 5.97 Å². The van der Waals surface area contributed by atoms with Crippen molar-refractivity contribution < 1.29 is 19.1 Å². The highest BCUT2D eigenvalue weighted by Crippen LogP contribution is 2.18. The second-order valence-corrected chi connectivity index (χ2v) is 6.36. The van der Waals surface area contributed by atoms with Gasteiger partial charge in [0.15, 0.2) is 6.10 Å². The molecular weight excluding hydrogens is 344 g/mol. The summed E-state index contributed by atoms with van der Waals surface area (Å²) < 4.78 is 5.24. The number of hydrogen-bond acceptors (Lipinski definition) is 4. The van der Waals surface area contributed by atoms with Gasteiger partial charge in [-0.1, -0.05) is 48.0 Å². The Morgan fingerprint density at radius 3 is 2.22 bits per heavy atom. The SMILES string of the molecule is CC(=O)N[C@@H](CC(=O)O[C@@H](C)C(=O)Nc1ccc(C)cc1)c1ccccc1. The first-order valence-corrected chi connectivity index (χ1v) is 8.74. The molecule has 0 unspecified atom stereocenters. The van der Waals surface area contributed by atoms with Gasteiger partial charge in [-0.2, -0.15) is 0 Å². The van der Waals surface area contributed by atoms with E-state index in [1.54, 1.807) is 12.1 Å². The van der Waals surface area contributed by atoms with Gasteiger partial charge in [0.1, 0.15) is 0 Å². The van der Waals surface area contributed by atoms with Gasteiger partial charge in [-0.3, -0.25) is 14.4 Å². The molecule has 2 atom stereocenters. The fraction of sp³-hybridized carbons (Fsp3) is 0.286. The van der Waals surface area contributed by atoms with Crippen LogP contribution >= 0.6 is 0 Å². The molecule has 2 aromatic rings. The van der Waals surface area contributed by atoms with Gasteiger partial charge in [-0.05, 0) is 31.5 Å². The first kappa shape index (κ1) is 20.2. The molecule has 0 aliphatic heterocycles. The van der Waals surface area contributed by atoms with Crippen molar-refractivity contribution in [3.8, 4) is 0 Å². The molecule has 6 heteroatoms. The first-order chi connectivity index (χ1) is 12.8. The van der Waals surface area contributed by atoms with Crippen LogP contribution in [0.4, 0.5) is 5.69 Å². The van der Waals surface area contributed by atoms with E-state index in [9.17, 15) is 14.4 Å². The summed E-state index contributed by atoms with van der Waals surface area (Å²) in [5.41, 5.74) is 2.51. The summed E-state index contributed by atoms with van der Waals surface area (Å²) in [5, 5.41) is 5.44. The Balaban J connectivity index is 1.94. The van der Waals surface area contributed by atoms with E-state index in [1.807, 2.05) is 49.4 Å². The van der Waals surface area contributed by atoms with Crippen molar-refractivity contribution in [2.75, 3.05) is 5.32 Å². The number of carbonyl (C=O) groups is 3. The van der Waals surface area contributed by atoms with Crippen molar-refractivity contribution in [2.45, 2.75) is 39.3 Å². The Bertz CT molecular complexity index is 788. The molecule has 2 N–H and O–H groups in total. The van der Waals surface area contributed by atoms with Crippen LogP contribution in [0.3, 0.4) is 0 Å². The topological polar surface area (TPSA) is 84.5 Å². The van der Waals surface area contributed by atoms with Gasteiger partial charge in [-0.15, -0.1) is 0 Å². The minimum absolute atomic E-state index is 0.0637. The average molecular weight is 368 g/mol. The van der Waals surface area contributed by atoms with E-state index in [0.29, 0.717) is 5.69 Å². The summed E-state index contributed by atoms with van der Waals surface area (Å²) in [5.74, 6) is -1.23. The third-order valence-corrected chi connectivity index (χ3v) is 3.95. The first-order valence-electron chi connectivity index (χ1n) is 8.74. The predicted octanol–water partition coefficient (Wildman–Crippen LogP) is 3.13. The lowest BCUT2D eigenvalue weighted by Crippen LogP contribution is -2.33. The second-order valence-electron chi connectivity index (χ2n) is 6.36. The zero-order valence-corrected chi connectivity index (χ0v) is 15.7. The minimum Gasteiger partial charge on any atom is -0.452 e. The van der Waals surface area contributed by atoms with Gasteiger partial charge in [0.2, 0.25) is 5.91 Å². The van der Waals surface area contributed by atoms with Crippen molar-refractivity contribution >= 4 is 23.5 Å². The predicted molar refractivity (Wildman–Crippen MR) is 103 cm³/mol. The summed E-state index contributed by atoms with van der Waals surface area (Å²) in [6.45, 7) is 4.85. The lowest BCUT2D eigenvalue weighted by Gasteiger charge is -2.19. The summed E-state index contributed by atoms with van der Waals surface area (Å²) in [6.07, 6.45) is -1.02. The molecule has 6 nitrogen and oxygen atoms in total. The average Bonchev–Trinajstić information content (AvgIpc) is 2.63. The largest absolute Gasteiger partial charge is 0.452 e. The number of aryl methyl sites for hydroxylation is 1. The van der Waals surface area contributed by atoms with Crippen LogP contribution in [0.2, 0.25) is 0 Å². The molecule has 0 saturated carbocycles. The highest BCUT2D eigenvalue weighted by atomic mass is 16.5. The number of nitrogens with one attached hydrogen (secondary N) is 2. The molecule has 142 valence electrons. The molecule has 0 spiro atoms. The smallest absolute Gasteiger partial charge is 0.309 e. The van der Waals surface area contributed by atoms with Crippen LogP contribution in [0.1, 0.15) is 37.4 Å². The molecule has 0 saturated heterocycles. The molecule has 2 amide bonds. The van der Waals surface area contributed by atoms with E-state index in [0.717, 1.165) is 11.1 Å². The van der Waals surface area contributed by atoms with Gasteiger partial charge in [-0.25, -0.2) is 0 Å². The van der Waals surface area contributed by atoms with E-state index in [1.165, 1.54) is 13.8 Å². The highest BCUT2D eigenvalue weighted by molar-refractivity contribution is 5.95. The summed E-state index contributed by atoms with van der Waals surface area (Å²) in [4.78, 5) is 35.9. The molecule has 0 radical (unpaired) electrons. The molecule has 0 aliphatic rings. The Labute approximate surface area is 158 Å². The van der Waals surface area contributed by atoms with Gasteiger partial charge in [0.05, 0.1) is 12.5 Å². The number of carbonyl (C=O) groups excluding carboxylic acids is 3. The Morgan fingerprint density at radius 1 is 1.00 bits per heavy atom. The number of esters is 1. The Kier molecular flexibility index (Phi) is 7.11. The van der Waals surface area contributed by atoms with E-state index >= 15 is 0 Å². The number of amides is 2. The second kappa shape index (κ2) is 9.52. The number of rotatable bonds is 7. The van der Waals surface area contributed by atoms with E-state index in [-0.39, 0.29) is 12.3 Å². The summed E-state index contributed by atoms with van der Waals surface area (Å²) >= 11 is 0. The number of hydrogen-bond donors (Lipinski definition) is 2. The fourth-order valence-corrected chi connectivity index (χ4v) is 2.53. The molecule has 0 aliphatic carbocycles. The monoisotopic (exact) mass is 368 g/mol. The molecular formula is C21H24N2O4.